The number of benzene rings is 2. The van der Waals surface area contributed by atoms with E-state index in [1.165, 1.54) is 5.56 Å². The van der Waals surface area contributed by atoms with Crippen LogP contribution in [0, 0.1) is 0 Å². The highest BCUT2D eigenvalue weighted by Gasteiger charge is 2.39. The van der Waals surface area contributed by atoms with Gasteiger partial charge < -0.3 is 15.5 Å². The van der Waals surface area contributed by atoms with Crippen molar-refractivity contribution in [2.24, 2.45) is 0 Å². The molecule has 7 nitrogen and oxygen atoms in total. The summed E-state index contributed by atoms with van der Waals surface area (Å²) in [6, 6.07) is 16.7. The number of carbonyl (C=O) groups is 3. The Labute approximate surface area is 187 Å². The first-order valence-corrected chi connectivity index (χ1v) is 11.4. The summed E-state index contributed by atoms with van der Waals surface area (Å²) in [5.74, 6) is -0.766. The van der Waals surface area contributed by atoms with Gasteiger partial charge in [-0.1, -0.05) is 42.5 Å². The molecule has 5 rings (SSSR count). The molecule has 2 aromatic carbocycles. The third kappa shape index (κ3) is 4.18. The first-order chi connectivity index (χ1) is 15.6. The molecule has 3 aliphatic heterocycles. The van der Waals surface area contributed by atoms with E-state index in [0.717, 1.165) is 37.1 Å². The van der Waals surface area contributed by atoms with E-state index in [1.54, 1.807) is 4.90 Å². The van der Waals surface area contributed by atoms with Crippen molar-refractivity contribution in [2.45, 2.75) is 56.9 Å². The fourth-order valence-electron chi connectivity index (χ4n) is 5.04. The van der Waals surface area contributed by atoms with Crippen LogP contribution in [0.2, 0.25) is 0 Å². The second-order valence-corrected chi connectivity index (χ2v) is 8.91. The zero-order valence-corrected chi connectivity index (χ0v) is 18.0. The summed E-state index contributed by atoms with van der Waals surface area (Å²) in [5, 5.41) is 9.64. The Morgan fingerprint density at radius 1 is 1.03 bits per heavy atom. The van der Waals surface area contributed by atoms with Gasteiger partial charge in [0.05, 0.1) is 0 Å². The number of nitrogens with zero attached hydrogens (tertiary/aromatic N) is 1. The molecular weight excluding hydrogens is 404 g/mol. The van der Waals surface area contributed by atoms with Gasteiger partial charge in [0.25, 0.3) is 5.91 Å². The van der Waals surface area contributed by atoms with E-state index in [9.17, 15) is 14.4 Å². The van der Waals surface area contributed by atoms with Crippen molar-refractivity contribution < 1.29 is 14.4 Å². The lowest BCUT2D eigenvalue weighted by atomic mass is 9.93. The molecule has 0 aromatic heterocycles. The fraction of sp³-hybridized carbons (Fsp3) is 0.400. The number of piperidine rings is 2. The van der Waals surface area contributed by atoms with Crippen molar-refractivity contribution in [3.63, 3.8) is 0 Å². The van der Waals surface area contributed by atoms with Gasteiger partial charge in [-0.2, -0.15) is 0 Å². The average Bonchev–Trinajstić information content (AvgIpc) is 3.14. The predicted molar refractivity (Wildman–Crippen MR) is 120 cm³/mol. The zero-order chi connectivity index (χ0) is 22.1. The minimum Gasteiger partial charge on any atom is -0.322 e. The molecule has 7 heteroatoms. The molecular formula is C25H28N4O3. The minimum absolute atomic E-state index is 0.127. The highest BCUT2D eigenvalue weighted by atomic mass is 16.2. The van der Waals surface area contributed by atoms with E-state index >= 15 is 0 Å². The van der Waals surface area contributed by atoms with Crippen molar-refractivity contribution in [3.05, 3.63) is 70.8 Å². The number of hydrogen-bond acceptors (Lipinski definition) is 5. The van der Waals surface area contributed by atoms with Crippen molar-refractivity contribution >= 4 is 17.7 Å². The highest BCUT2D eigenvalue weighted by molar-refractivity contribution is 6.05. The summed E-state index contributed by atoms with van der Waals surface area (Å²) in [4.78, 5) is 38.1. The van der Waals surface area contributed by atoms with Crippen molar-refractivity contribution in [3.8, 4) is 0 Å². The predicted octanol–water partition coefficient (Wildman–Crippen LogP) is 2.03. The topological polar surface area (TPSA) is 90.5 Å². The first-order valence-electron chi connectivity index (χ1n) is 11.4. The van der Waals surface area contributed by atoms with Crippen molar-refractivity contribution in [2.75, 3.05) is 6.54 Å². The lowest BCUT2D eigenvalue weighted by Gasteiger charge is -2.31. The smallest absolute Gasteiger partial charge is 0.255 e. The lowest BCUT2D eigenvalue weighted by molar-refractivity contribution is -0.136. The van der Waals surface area contributed by atoms with Crippen molar-refractivity contribution in [1.82, 2.24) is 20.9 Å². The highest BCUT2D eigenvalue weighted by Crippen LogP contribution is 2.28. The van der Waals surface area contributed by atoms with Crippen LogP contribution >= 0.6 is 0 Å². The molecule has 3 N–H and O–H groups in total. The van der Waals surface area contributed by atoms with Gasteiger partial charge in [-0.25, -0.2) is 0 Å². The van der Waals surface area contributed by atoms with E-state index in [2.05, 4.69) is 46.3 Å². The summed E-state index contributed by atoms with van der Waals surface area (Å²) < 4.78 is 0. The van der Waals surface area contributed by atoms with Crippen LogP contribution in [0.25, 0.3) is 0 Å². The molecule has 166 valence electrons. The molecule has 0 bridgehead atoms. The molecule has 3 unspecified atom stereocenters. The number of rotatable bonds is 5. The maximum Gasteiger partial charge on any atom is 0.255 e. The molecule has 2 saturated heterocycles. The Balaban J connectivity index is 1.21. The summed E-state index contributed by atoms with van der Waals surface area (Å²) >= 11 is 0. The van der Waals surface area contributed by atoms with Crippen LogP contribution in [0.15, 0.2) is 48.5 Å². The van der Waals surface area contributed by atoms with E-state index < -0.39 is 6.04 Å². The number of imide groups is 1. The van der Waals surface area contributed by atoms with Gasteiger partial charge >= 0.3 is 0 Å². The third-order valence-electron chi connectivity index (χ3n) is 6.79. The Kier molecular flexibility index (Phi) is 5.76. The maximum absolute atomic E-state index is 12.8. The molecule has 2 aromatic rings. The van der Waals surface area contributed by atoms with Crippen LogP contribution in [-0.4, -0.2) is 41.2 Å². The van der Waals surface area contributed by atoms with Crippen LogP contribution < -0.4 is 16.0 Å². The molecule has 3 atom stereocenters. The van der Waals surface area contributed by atoms with E-state index in [4.69, 9.17) is 0 Å². The Bertz CT molecular complexity index is 1040. The van der Waals surface area contributed by atoms with Gasteiger partial charge in [0.2, 0.25) is 11.8 Å². The molecule has 0 aliphatic carbocycles. The summed E-state index contributed by atoms with van der Waals surface area (Å²) in [6.07, 6.45) is 2.77. The molecule has 2 fully saturated rings. The van der Waals surface area contributed by atoms with E-state index in [0.29, 0.717) is 30.6 Å². The first kappa shape index (κ1) is 20.8. The standard InChI is InChI=1S/C25H28N4O3/c30-23-9-8-22(24(31)28-23)29-15-18-12-16(6-7-20(18)25(29)32)14-27-19-10-11-26-21(13-19)17-4-2-1-3-5-17/h1-7,12,19,21-22,26-27H,8-11,13-15H2,(H,28,30,31). The molecule has 3 amide bonds. The Hall–Kier alpha value is -3.03. The summed E-state index contributed by atoms with van der Waals surface area (Å²) in [6.45, 7) is 2.14. The van der Waals surface area contributed by atoms with Gasteiger partial charge in [-0.05, 0) is 48.6 Å². The second kappa shape index (κ2) is 8.84. The Morgan fingerprint density at radius 2 is 1.88 bits per heavy atom. The lowest BCUT2D eigenvalue weighted by Crippen LogP contribution is -2.52. The number of hydrogen-bond donors (Lipinski definition) is 3. The van der Waals surface area contributed by atoms with Crippen LogP contribution in [0.4, 0.5) is 0 Å². The van der Waals surface area contributed by atoms with Crippen LogP contribution in [0.1, 0.15) is 58.8 Å². The molecule has 0 saturated carbocycles. The average molecular weight is 433 g/mol. The molecule has 32 heavy (non-hydrogen) atoms. The van der Waals surface area contributed by atoms with Gasteiger partial charge in [-0.15, -0.1) is 0 Å². The zero-order valence-electron chi connectivity index (χ0n) is 18.0. The molecule has 3 aliphatic rings. The molecule has 3 heterocycles. The maximum atomic E-state index is 12.8. The monoisotopic (exact) mass is 432 g/mol. The largest absolute Gasteiger partial charge is 0.322 e. The Morgan fingerprint density at radius 3 is 2.69 bits per heavy atom. The van der Waals surface area contributed by atoms with Crippen molar-refractivity contribution in [1.29, 1.82) is 0 Å². The van der Waals surface area contributed by atoms with Crippen LogP contribution in [0.5, 0.6) is 0 Å². The minimum atomic E-state index is -0.571. The van der Waals surface area contributed by atoms with Gasteiger partial charge in [0.15, 0.2) is 0 Å². The van der Waals surface area contributed by atoms with Gasteiger partial charge in [0, 0.05) is 37.2 Å². The van der Waals surface area contributed by atoms with Gasteiger partial charge in [0.1, 0.15) is 6.04 Å². The summed E-state index contributed by atoms with van der Waals surface area (Å²) in [5.41, 5.74) is 4.07. The number of fused-ring (bicyclic) bond motifs is 1. The quantitative estimate of drug-likeness (QED) is 0.629. The number of carbonyl (C=O) groups excluding carboxylic acids is 3. The normalized spacial score (nSPS) is 25.6. The summed E-state index contributed by atoms with van der Waals surface area (Å²) in [7, 11) is 0. The van der Waals surface area contributed by atoms with Crippen LogP contribution in [-0.2, 0) is 22.7 Å². The number of amides is 3. The SMILES string of the molecule is O=C1CCC(N2Cc3cc(CNC4CCNC(c5ccccc5)C4)ccc3C2=O)C(=O)N1. The number of nitrogens with one attached hydrogen (secondary N) is 3. The van der Waals surface area contributed by atoms with E-state index in [-0.39, 0.29) is 24.1 Å². The second-order valence-electron chi connectivity index (χ2n) is 8.91. The fourth-order valence-corrected chi connectivity index (χ4v) is 5.04. The third-order valence-corrected chi connectivity index (χ3v) is 6.79. The van der Waals surface area contributed by atoms with E-state index in [1.807, 2.05) is 18.2 Å². The van der Waals surface area contributed by atoms with Crippen LogP contribution in [0.3, 0.4) is 0 Å². The molecule has 0 spiro atoms. The van der Waals surface area contributed by atoms with Gasteiger partial charge in [-0.3, -0.25) is 19.7 Å². The molecule has 0 radical (unpaired) electrons.